The molecule has 0 saturated heterocycles. The highest BCUT2D eigenvalue weighted by Gasteiger charge is 2.19. The Balaban J connectivity index is 1.96. The number of nitrogens with two attached hydrogens (primary N) is 1. The van der Waals surface area contributed by atoms with Crippen LogP contribution in [0.5, 0.6) is 0 Å². The number of halogens is 1. The summed E-state index contributed by atoms with van der Waals surface area (Å²) in [4.78, 5) is 0. The first-order chi connectivity index (χ1) is 9.94. The molecule has 0 saturated carbocycles. The Bertz CT molecular complexity index is 924. The van der Waals surface area contributed by atoms with Crippen molar-refractivity contribution in [1.82, 2.24) is 10.2 Å². The van der Waals surface area contributed by atoms with Gasteiger partial charge in [0.15, 0.2) is 0 Å². The van der Waals surface area contributed by atoms with Crippen molar-refractivity contribution in [3.63, 3.8) is 0 Å². The number of benzene rings is 2. The van der Waals surface area contributed by atoms with E-state index in [1.807, 2.05) is 24.3 Å². The Morgan fingerprint density at radius 3 is 2.52 bits per heavy atom. The summed E-state index contributed by atoms with van der Waals surface area (Å²) in [6.45, 7) is 0. The summed E-state index contributed by atoms with van der Waals surface area (Å²) in [5.74, 6) is 0. The second kappa shape index (κ2) is 5.24. The molecule has 1 aromatic heterocycles. The molecule has 9 heteroatoms. The third-order valence-electron chi connectivity index (χ3n) is 2.71. The average Bonchev–Trinajstić information content (AvgIpc) is 2.86. The van der Waals surface area contributed by atoms with E-state index in [1.165, 1.54) is 0 Å². The van der Waals surface area contributed by atoms with Crippen LogP contribution in [-0.2, 0) is 10.0 Å². The summed E-state index contributed by atoms with van der Waals surface area (Å²) in [6.07, 6.45) is 0. The van der Waals surface area contributed by atoms with Crippen molar-refractivity contribution in [2.75, 3.05) is 10.5 Å². The third kappa shape index (κ3) is 2.99. The Morgan fingerprint density at radius 2 is 1.81 bits per heavy atom. The molecule has 3 aromatic rings. The van der Waals surface area contributed by atoms with Gasteiger partial charge in [-0.05, 0) is 35.0 Å². The molecule has 0 fully saturated rings. The van der Waals surface area contributed by atoms with Crippen LogP contribution in [0.1, 0.15) is 0 Å². The molecule has 0 bridgehead atoms. The molecule has 3 rings (SSSR count). The largest absolute Gasteiger partial charge is 0.374 e. The van der Waals surface area contributed by atoms with E-state index in [1.54, 1.807) is 12.1 Å². The molecule has 1 heterocycles. The predicted molar refractivity (Wildman–Crippen MR) is 86.8 cm³/mol. The second-order valence-corrected chi connectivity index (χ2v) is 8.00. The van der Waals surface area contributed by atoms with E-state index in [4.69, 9.17) is 5.73 Å². The lowest BCUT2D eigenvalue weighted by molar-refractivity contribution is 0.599. The Hall–Kier alpha value is -1.71. The maximum absolute atomic E-state index is 12.1. The summed E-state index contributed by atoms with van der Waals surface area (Å²) >= 11 is 4.21. The van der Waals surface area contributed by atoms with Crippen LogP contribution in [-0.4, -0.2) is 18.6 Å². The maximum atomic E-state index is 12.1. The molecular weight excluding hydrogens is 376 g/mol. The van der Waals surface area contributed by atoms with Crippen LogP contribution in [0.2, 0.25) is 0 Å². The van der Waals surface area contributed by atoms with Gasteiger partial charge in [0, 0.05) is 10.2 Å². The highest BCUT2D eigenvalue weighted by molar-refractivity contribution is 9.10. The van der Waals surface area contributed by atoms with Crippen molar-refractivity contribution in [3.8, 4) is 0 Å². The number of anilines is 2. The van der Waals surface area contributed by atoms with Gasteiger partial charge in [-0.25, -0.2) is 0 Å². The van der Waals surface area contributed by atoms with Crippen molar-refractivity contribution in [1.29, 1.82) is 0 Å². The molecule has 0 aliphatic heterocycles. The second-order valence-electron chi connectivity index (χ2n) is 4.22. The molecule has 0 radical (unpaired) electrons. The standard InChI is InChI=1S/C12H9BrN4O2S2/c13-9-3-1-8-6-10(4-2-7(8)5-9)17-21(18,19)12-16-15-11(14)20-12/h1-6,17H,(H2,14,15). The highest BCUT2D eigenvalue weighted by atomic mass is 79.9. The van der Waals surface area contributed by atoms with Crippen LogP contribution in [0, 0.1) is 0 Å². The van der Waals surface area contributed by atoms with Gasteiger partial charge in [-0.2, -0.15) is 8.42 Å². The monoisotopic (exact) mass is 384 g/mol. The lowest BCUT2D eigenvalue weighted by atomic mass is 10.1. The van der Waals surface area contributed by atoms with E-state index >= 15 is 0 Å². The zero-order chi connectivity index (χ0) is 15.0. The minimum atomic E-state index is -3.76. The van der Waals surface area contributed by atoms with E-state index < -0.39 is 10.0 Å². The molecule has 0 spiro atoms. The minimum Gasteiger partial charge on any atom is -0.374 e. The number of rotatable bonds is 3. The molecule has 3 N–H and O–H groups in total. The fraction of sp³-hybridized carbons (Fsp3) is 0. The summed E-state index contributed by atoms with van der Waals surface area (Å²) in [5.41, 5.74) is 5.86. The fourth-order valence-electron chi connectivity index (χ4n) is 1.81. The van der Waals surface area contributed by atoms with Gasteiger partial charge in [0.05, 0.1) is 0 Å². The molecule has 0 aliphatic rings. The van der Waals surface area contributed by atoms with Gasteiger partial charge in [0.2, 0.25) is 5.13 Å². The Morgan fingerprint density at radius 1 is 1.10 bits per heavy atom. The zero-order valence-corrected chi connectivity index (χ0v) is 13.7. The Labute approximate surface area is 133 Å². The van der Waals surface area contributed by atoms with Gasteiger partial charge >= 0.3 is 0 Å². The van der Waals surface area contributed by atoms with Gasteiger partial charge in [0.1, 0.15) is 0 Å². The third-order valence-corrected chi connectivity index (χ3v) is 5.70. The topological polar surface area (TPSA) is 98.0 Å². The first-order valence-electron chi connectivity index (χ1n) is 5.75. The van der Waals surface area contributed by atoms with Crippen molar-refractivity contribution in [3.05, 3.63) is 40.9 Å². The number of aromatic nitrogens is 2. The van der Waals surface area contributed by atoms with Crippen LogP contribution in [0.15, 0.2) is 45.2 Å². The first kappa shape index (κ1) is 14.2. The van der Waals surface area contributed by atoms with Crippen molar-refractivity contribution in [2.24, 2.45) is 0 Å². The molecule has 0 unspecified atom stereocenters. The fourth-order valence-corrected chi connectivity index (χ4v) is 4.02. The maximum Gasteiger partial charge on any atom is 0.291 e. The Kier molecular flexibility index (Phi) is 3.56. The van der Waals surface area contributed by atoms with Crippen LogP contribution in [0.3, 0.4) is 0 Å². The molecule has 0 amide bonds. The van der Waals surface area contributed by atoms with Gasteiger partial charge in [0.25, 0.3) is 14.4 Å². The van der Waals surface area contributed by atoms with Crippen LogP contribution in [0.4, 0.5) is 10.8 Å². The molecule has 21 heavy (non-hydrogen) atoms. The molecule has 0 aliphatic carbocycles. The molecule has 0 atom stereocenters. The SMILES string of the molecule is Nc1nnc(S(=O)(=O)Nc2ccc3cc(Br)ccc3c2)s1. The van der Waals surface area contributed by atoms with E-state index in [-0.39, 0.29) is 9.47 Å². The minimum absolute atomic E-state index is 0.110. The van der Waals surface area contributed by atoms with Gasteiger partial charge in [-0.1, -0.05) is 39.4 Å². The lowest BCUT2D eigenvalue weighted by Crippen LogP contribution is -2.12. The van der Waals surface area contributed by atoms with E-state index in [2.05, 4.69) is 30.8 Å². The van der Waals surface area contributed by atoms with Crippen LogP contribution >= 0.6 is 27.3 Å². The summed E-state index contributed by atoms with van der Waals surface area (Å²) < 4.78 is 27.6. The zero-order valence-electron chi connectivity index (χ0n) is 10.4. The normalized spacial score (nSPS) is 11.7. The molecular formula is C12H9BrN4O2S2. The number of nitrogen functional groups attached to an aromatic ring is 1. The highest BCUT2D eigenvalue weighted by Crippen LogP contribution is 2.25. The average molecular weight is 385 g/mol. The van der Waals surface area contributed by atoms with Crippen LogP contribution < -0.4 is 10.5 Å². The summed E-state index contributed by atoms with van der Waals surface area (Å²) in [6, 6.07) is 11.0. The van der Waals surface area contributed by atoms with Crippen molar-refractivity contribution >= 4 is 58.9 Å². The van der Waals surface area contributed by atoms with Gasteiger partial charge in [-0.3, -0.25) is 4.72 Å². The quantitative estimate of drug-likeness (QED) is 0.723. The van der Waals surface area contributed by atoms with Gasteiger partial charge < -0.3 is 5.73 Å². The number of nitrogens with one attached hydrogen (secondary N) is 1. The first-order valence-corrected chi connectivity index (χ1v) is 8.84. The lowest BCUT2D eigenvalue weighted by Gasteiger charge is -2.06. The molecule has 108 valence electrons. The number of nitrogens with zero attached hydrogens (tertiary/aromatic N) is 2. The predicted octanol–water partition coefficient (Wildman–Crippen LogP) is 2.84. The number of hydrogen-bond donors (Lipinski definition) is 2. The van der Waals surface area contributed by atoms with E-state index in [0.29, 0.717) is 5.69 Å². The van der Waals surface area contributed by atoms with Gasteiger partial charge in [-0.15, -0.1) is 10.2 Å². The van der Waals surface area contributed by atoms with Crippen molar-refractivity contribution < 1.29 is 8.42 Å². The van der Waals surface area contributed by atoms with E-state index in [0.717, 1.165) is 26.6 Å². The summed E-state index contributed by atoms with van der Waals surface area (Å²) in [7, 11) is -3.76. The smallest absolute Gasteiger partial charge is 0.291 e. The van der Waals surface area contributed by atoms with E-state index in [9.17, 15) is 8.42 Å². The number of fused-ring (bicyclic) bond motifs is 1. The number of sulfonamides is 1. The number of hydrogen-bond acceptors (Lipinski definition) is 6. The van der Waals surface area contributed by atoms with Crippen molar-refractivity contribution in [2.45, 2.75) is 4.34 Å². The molecule has 6 nitrogen and oxygen atoms in total. The molecule has 2 aromatic carbocycles. The summed E-state index contributed by atoms with van der Waals surface area (Å²) in [5, 5.41) is 9.09. The van der Waals surface area contributed by atoms with Crippen LogP contribution in [0.25, 0.3) is 10.8 Å².